The largest absolute Gasteiger partial charge is 0.489 e. The average Bonchev–Trinajstić information content (AvgIpc) is 3.05. The summed E-state index contributed by atoms with van der Waals surface area (Å²) in [4.78, 5) is 23.7. The van der Waals surface area contributed by atoms with Crippen LogP contribution in [0.5, 0.6) is 28.9 Å². The van der Waals surface area contributed by atoms with Crippen molar-refractivity contribution in [2.24, 2.45) is 0 Å². The summed E-state index contributed by atoms with van der Waals surface area (Å²) in [6.07, 6.45) is 6.04. The van der Waals surface area contributed by atoms with Gasteiger partial charge in [-0.1, -0.05) is 18.6 Å². The van der Waals surface area contributed by atoms with Gasteiger partial charge in [-0.2, -0.15) is 0 Å². The molecule has 3 aromatic carbocycles. The summed E-state index contributed by atoms with van der Waals surface area (Å²) in [5.41, 5.74) is 1.19. The number of halogens is 2. The number of anilines is 1. The van der Waals surface area contributed by atoms with E-state index in [-0.39, 0.29) is 23.1 Å². The molecule has 2 amide bonds. The first kappa shape index (κ1) is 30.3. The Morgan fingerprint density at radius 1 is 1.00 bits per heavy atom. The van der Waals surface area contributed by atoms with Gasteiger partial charge in [0.05, 0.1) is 23.9 Å². The number of nitrogens with zero attached hydrogens (tertiary/aromatic N) is 3. The number of amides is 2. The molecule has 2 aliphatic rings. The number of ether oxygens (including phenoxy) is 4. The Kier molecular flexibility index (Phi) is 9.39. The number of fused-ring (bicyclic) bond motifs is 3. The Labute approximate surface area is 259 Å². The molecular formula is C33H35F2N5O5. The van der Waals surface area contributed by atoms with Gasteiger partial charge in [0, 0.05) is 18.7 Å². The highest BCUT2D eigenvalue weighted by molar-refractivity contribution is 5.94. The number of urea groups is 1. The number of carbonyl (C=O) groups is 1. The average molecular weight is 620 g/mol. The number of aromatic nitrogens is 2. The number of hydrogen-bond donors (Lipinski definition) is 2. The number of benzene rings is 3. The molecule has 236 valence electrons. The quantitative estimate of drug-likeness (QED) is 0.191. The molecule has 2 aliphatic heterocycles. The molecule has 3 heterocycles. The van der Waals surface area contributed by atoms with Crippen LogP contribution in [0.15, 0.2) is 54.9 Å². The van der Waals surface area contributed by atoms with Crippen molar-refractivity contribution in [1.29, 1.82) is 0 Å². The molecule has 0 unspecified atom stereocenters. The zero-order chi connectivity index (χ0) is 31.2. The third kappa shape index (κ3) is 7.34. The summed E-state index contributed by atoms with van der Waals surface area (Å²) in [6.45, 7) is 6.21. The minimum atomic E-state index is -0.711. The van der Waals surface area contributed by atoms with E-state index in [0.717, 1.165) is 32.1 Å². The summed E-state index contributed by atoms with van der Waals surface area (Å²) < 4.78 is 52.4. The molecule has 4 aromatic rings. The fraction of sp³-hybridized carbons (Fsp3) is 0.364. The lowest BCUT2D eigenvalue weighted by Crippen LogP contribution is -2.31. The molecule has 0 aliphatic carbocycles. The van der Waals surface area contributed by atoms with Gasteiger partial charge >= 0.3 is 6.03 Å². The summed E-state index contributed by atoms with van der Waals surface area (Å²) in [5.74, 6) is 0.629. The molecule has 2 N–H and O–H groups in total. The maximum Gasteiger partial charge on any atom is 0.319 e. The van der Waals surface area contributed by atoms with E-state index in [4.69, 9.17) is 18.9 Å². The van der Waals surface area contributed by atoms with Gasteiger partial charge in [-0.25, -0.2) is 23.5 Å². The van der Waals surface area contributed by atoms with Crippen molar-refractivity contribution in [3.63, 3.8) is 0 Å². The summed E-state index contributed by atoms with van der Waals surface area (Å²) in [7, 11) is 0. The summed E-state index contributed by atoms with van der Waals surface area (Å²) in [5, 5.41) is 5.68. The second-order valence-corrected chi connectivity index (χ2v) is 11.0. The Hall–Kier alpha value is -4.71. The van der Waals surface area contributed by atoms with Crippen molar-refractivity contribution in [2.45, 2.75) is 38.6 Å². The highest BCUT2D eigenvalue weighted by atomic mass is 19.1. The van der Waals surface area contributed by atoms with Crippen molar-refractivity contribution >= 4 is 22.6 Å². The number of nitrogens with one attached hydrogen (secondary N) is 2. The molecular weight excluding hydrogens is 584 g/mol. The molecule has 45 heavy (non-hydrogen) atoms. The van der Waals surface area contributed by atoms with Gasteiger partial charge in [-0.15, -0.1) is 0 Å². The van der Waals surface area contributed by atoms with Crippen molar-refractivity contribution in [3.05, 3.63) is 72.1 Å². The predicted octanol–water partition coefficient (Wildman–Crippen LogP) is 6.61. The molecule has 1 saturated heterocycles. The van der Waals surface area contributed by atoms with Crippen LogP contribution in [-0.4, -0.2) is 60.4 Å². The lowest BCUT2D eigenvalue weighted by Gasteiger charge is -2.26. The number of likely N-dealkylation sites (tertiary alicyclic amines) is 1. The lowest BCUT2D eigenvalue weighted by atomic mass is 10.1. The van der Waals surface area contributed by atoms with Crippen molar-refractivity contribution in [3.8, 4) is 28.9 Å². The first-order chi connectivity index (χ1) is 21.9. The lowest BCUT2D eigenvalue weighted by molar-refractivity contribution is 0.161. The number of carbonyl (C=O) groups excluding carboxylic acids is 1. The van der Waals surface area contributed by atoms with E-state index < -0.39 is 17.9 Å². The van der Waals surface area contributed by atoms with E-state index in [1.165, 1.54) is 49.9 Å². The van der Waals surface area contributed by atoms with Crippen LogP contribution in [0.25, 0.3) is 10.9 Å². The third-order valence-corrected chi connectivity index (χ3v) is 7.79. The molecule has 0 bridgehead atoms. The molecule has 0 saturated carbocycles. The molecule has 0 spiro atoms. The Morgan fingerprint density at radius 2 is 1.78 bits per heavy atom. The molecule has 1 fully saturated rings. The summed E-state index contributed by atoms with van der Waals surface area (Å²) in [6, 6.07) is 10.6. The van der Waals surface area contributed by atoms with Gasteiger partial charge in [-0.05, 0) is 69.1 Å². The zero-order valence-electron chi connectivity index (χ0n) is 25.0. The van der Waals surface area contributed by atoms with E-state index in [9.17, 15) is 9.18 Å². The van der Waals surface area contributed by atoms with E-state index in [1.54, 1.807) is 25.1 Å². The zero-order valence-corrected chi connectivity index (χ0v) is 25.0. The van der Waals surface area contributed by atoms with Crippen molar-refractivity contribution in [1.82, 2.24) is 20.2 Å². The van der Waals surface area contributed by atoms with Gasteiger partial charge < -0.3 is 34.5 Å². The standard InChI is InChI=1S/C33H35F2N5O5/c1-21(22-6-8-23(34)9-7-22)38-33(41)39-26-11-10-24(18-25(26)35)45-32-29-27(36-20-37-32)19-28(30-31(29)44-17-16-43-30)42-15-5-14-40-12-3-2-4-13-40/h6-11,18-21H,2-5,12-17H2,1H3,(H2,38,39,41)/t21-/m1/s1. The molecule has 0 radical (unpaired) electrons. The Morgan fingerprint density at radius 3 is 2.56 bits per heavy atom. The Bertz CT molecular complexity index is 1650. The van der Waals surface area contributed by atoms with Crippen LogP contribution >= 0.6 is 0 Å². The number of rotatable bonds is 10. The monoisotopic (exact) mass is 619 g/mol. The fourth-order valence-corrected chi connectivity index (χ4v) is 5.48. The highest BCUT2D eigenvalue weighted by Gasteiger charge is 2.26. The summed E-state index contributed by atoms with van der Waals surface area (Å²) >= 11 is 0. The molecule has 1 atom stereocenters. The molecule has 6 rings (SSSR count). The SMILES string of the molecule is C[C@@H](NC(=O)Nc1ccc(Oc2ncnc3cc(OCCCN4CCCCC4)c4c(c23)OCCO4)cc1F)c1ccc(F)cc1. The normalized spacial score (nSPS) is 15.4. The minimum absolute atomic E-state index is 0.0464. The van der Waals surface area contributed by atoms with Gasteiger partial charge in [-0.3, -0.25) is 0 Å². The topological polar surface area (TPSA) is 107 Å². The number of hydrogen-bond acceptors (Lipinski definition) is 8. The third-order valence-electron chi connectivity index (χ3n) is 7.79. The van der Waals surface area contributed by atoms with Crippen molar-refractivity contribution in [2.75, 3.05) is 44.8 Å². The van der Waals surface area contributed by atoms with Crippen LogP contribution in [0.3, 0.4) is 0 Å². The second-order valence-electron chi connectivity index (χ2n) is 11.0. The van der Waals surface area contributed by atoms with Crippen LogP contribution in [0.4, 0.5) is 19.3 Å². The van der Waals surface area contributed by atoms with Crippen LogP contribution in [-0.2, 0) is 0 Å². The van der Waals surface area contributed by atoms with Gasteiger partial charge in [0.15, 0.2) is 11.5 Å². The molecule has 1 aromatic heterocycles. The minimum Gasteiger partial charge on any atom is -0.489 e. The van der Waals surface area contributed by atoms with Crippen molar-refractivity contribution < 1.29 is 32.5 Å². The van der Waals surface area contributed by atoms with Gasteiger partial charge in [0.1, 0.15) is 42.3 Å². The maximum absolute atomic E-state index is 15.1. The maximum atomic E-state index is 15.1. The first-order valence-electron chi connectivity index (χ1n) is 15.2. The smallest absolute Gasteiger partial charge is 0.319 e. The van der Waals surface area contributed by atoms with Crippen LogP contribution in [0, 0.1) is 11.6 Å². The fourth-order valence-electron chi connectivity index (χ4n) is 5.48. The molecule has 12 heteroatoms. The van der Waals surface area contributed by atoms with Gasteiger partial charge in [0.25, 0.3) is 0 Å². The van der Waals surface area contributed by atoms with E-state index in [1.807, 2.05) is 0 Å². The highest BCUT2D eigenvalue weighted by Crippen LogP contribution is 2.48. The van der Waals surface area contributed by atoms with E-state index in [2.05, 4.69) is 25.5 Å². The van der Waals surface area contributed by atoms with Crippen LogP contribution < -0.4 is 29.6 Å². The van der Waals surface area contributed by atoms with Crippen LogP contribution in [0.2, 0.25) is 0 Å². The van der Waals surface area contributed by atoms with Gasteiger partial charge in [0.2, 0.25) is 11.6 Å². The first-order valence-corrected chi connectivity index (χ1v) is 15.2. The second kappa shape index (κ2) is 13.9. The number of piperidine rings is 1. The van der Waals surface area contributed by atoms with E-state index in [0.29, 0.717) is 53.5 Å². The van der Waals surface area contributed by atoms with Crippen LogP contribution in [0.1, 0.15) is 44.2 Å². The predicted molar refractivity (Wildman–Crippen MR) is 164 cm³/mol. The van der Waals surface area contributed by atoms with E-state index >= 15 is 4.39 Å². The Balaban J connectivity index is 1.14. The molecule has 10 nitrogen and oxygen atoms in total.